The van der Waals surface area contributed by atoms with Gasteiger partial charge in [-0.25, -0.2) is 4.79 Å². The molecule has 0 unspecified atom stereocenters. The Morgan fingerprint density at radius 1 is 0.885 bits per heavy atom. The molecular formula is C22H20O3S. The van der Waals surface area contributed by atoms with Gasteiger partial charge in [-0.05, 0) is 90.9 Å². The van der Waals surface area contributed by atoms with Crippen LogP contribution in [0.1, 0.15) is 42.3 Å². The van der Waals surface area contributed by atoms with E-state index in [0.717, 1.165) is 55.0 Å². The van der Waals surface area contributed by atoms with Crippen LogP contribution in [0.5, 0.6) is 0 Å². The number of carbonyl (C=O) groups excluding carboxylic acids is 1. The Kier molecular flexibility index (Phi) is 4.79. The maximum atomic E-state index is 11.3. The van der Waals surface area contributed by atoms with Gasteiger partial charge in [0.05, 0.1) is 10.4 Å². The number of benzene rings is 2. The molecule has 2 aromatic carbocycles. The number of aldehydes is 1. The first-order valence-electron chi connectivity index (χ1n) is 8.33. The minimum absolute atomic E-state index is 0.314. The highest BCUT2D eigenvalue weighted by Crippen LogP contribution is 2.37. The van der Waals surface area contributed by atoms with Gasteiger partial charge in [0.1, 0.15) is 0 Å². The Bertz CT molecular complexity index is 982. The summed E-state index contributed by atoms with van der Waals surface area (Å²) >= 11 is 1.49. The minimum Gasteiger partial charge on any atom is -0.478 e. The Balaban J connectivity index is 2.14. The van der Waals surface area contributed by atoms with Crippen LogP contribution in [-0.2, 0) is 0 Å². The number of hydrogen-bond acceptors (Lipinski definition) is 3. The normalized spacial score (nSPS) is 10.8. The van der Waals surface area contributed by atoms with Gasteiger partial charge in [0, 0.05) is 4.88 Å². The summed E-state index contributed by atoms with van der Waals surface area (Å²) in [4.78, 5) is 24.1. The summed E-state index contributed by atoms with van der Waals surface area (Å²) in [5, 5.41) is 9.24. The van der Waals surface area contributed by atoms with Gasteiger partial charge in [0.25, 0.3) is 0 Å². The molecule has 0 aliphatic heterocycles. The fourth-order valence-corrected chi connectivity index (χ4v) is 4.59. The molecule has 3 aromatic rings. The molecular weight excluding hydrogens is 344 g/mol. The van der Waals surface area contributed by atoms with E-state index >= 15 is 0 Å². The molecule has 1 N–H and O–H groups in total. The van der Waals surface area contributed by atoms with E-state index in [2.05, 4.69) is 26.0 Å². The topological polar surface area (TPSA) is 54.4 Å². The molecule has 1 heterocycles. The minimum atomic E-state index is -0.908. The quantitative estimate of drug-likeness (QED) is 0.593. The largest absolute Gasteiger partial charge is 0.478 e. The molecule has 0 saturated carbocycles. The van der Waals surface area contributed by atoms with Crippen LogP contribution in [0.3, 0.4) is 0 Å². The molecule has 0 amide bonds. The molecule has 3 rings (SSSR count). The van der Waals surface area contributed by atoms with Crippen LogP contribution in [0.4, 0.5) is 0 Å². The molecule has 0 fully saturated rings. The molecule has 132 valence electrons. The molecule has 0 aliphatic carbocycles. The van der Waals surface area contributed by atoms with Crippen molar-refractivity contribution in [2.24, 2.45) is 0 Å². The third-order valence-electron chi connectivity index (χ3n) is 4.59. The summed E-state index contributed by atoms with van der Waals surface area (Å²) in [7, 11) is 0. The Hall–Kier alpha value is -2.72. The molecule has 26 heavy (non-hydrogen) atoms. The van der Waals surface area contributed by atoms with Crippen molar-refractivity contribution in [2.75, 3.05) is 0 Å². The lowest BCUT2D eigenvalue weighted by atomic mass is 9.89. The highest BCUT2D eigenvalue weighted by Gasteiger charge is 2.15. The smallest absolute Gasteiger partial charge is 0.335 e. The highest BCUT2D eigenvalue weighted by atomic mass is 32.1. The van der Waals surface area contributed by atoms with Gasteiger partial charge in [-0.3, -0.25) is 4.79 Å². The van der Waals surface area contributed by atoms with Gasteiger partial charge in [-0.15, -0.1) is 11.3 Å². The SMILES string of the molecule is Cc1cc(C(=O)O)cc(C)c1-c1cc(C)c(-c2ccc(C=O)s2)c(C)c1. The van der Waals surface area contributed by atoms with Gasteiger partial charge < -0.3 is 5.11 Å². The lowest BCUT2D eigenvalue weighted by Crippen LogP contribution is -2.00. The third kappa shape index (κ3) is 3.20. The predicted molar refractivity (Wildman–Crippen MR) is 106 cm³/mol. The van der Waals surface area contributed by atoms with E-state index in [1.807, 2.05) is 26.0 Å². The van der Waals surface area contributed by atoms with Gasteiger partial charge in [0.15, 0.2) is 6.29 Å². The molecule has 1 aromatic heterocycles. The standard InChI is InChI=1S/C22H20O3S/c1-12-9-17(22(24)25)10-13(2)20(12)16-7-14(3)21(15(4)8-16)19-6-5-18(11-23)26-19/h5-11H,1-4H3,(H,24,25). The van der Waals surface area contributed by atoms with Crippen LogP contribution in [0.15, 0.2) is 36.4 Å². The molecule has 0 aliphatic rings. The maximum absolute atomic E-state index is 11.3. The van der Waals surface area contributed by atoms with Crippen LogP contribution in [-0.4, -0.2) is 17.4 Å². The lowest BCUT2D eigenvalue weighted by molar-refractivity contribution is 0.0696. The molecule has 0 saturated heterocycles. The van der Waals surface area contributed by atoms with Crippen molar-refractivity contribution in [3.63, 3.8) is 0 Å². The monoisotopic (exact) mass is 364 g/mol. The van der Waals surface area contributed by atoms with Gasteiger partial charge in [-0.2, -0.15) is 0 Å². The Morgan fingerprint density at radius 2 is 1.42 bits per heavy atom. The van der Waals surface area contributed by atoms with Gasteiger partial charge in [0.2, 0.25) is 0 Å². The van der Waals surface area contributed by atoms with Crippen molar-refractivity contribution in [2.45, 2.75) is 27.7 Å². The molecule has 4 heteroatoms. The number of carbonyl (C=O) groups is 2. The molecule has 3 nitrogen and oxygen atoms in total. The fraction of sp³-hybridized carbons (Fsp3) is 0.182. The molecule has 0 radical (unpaired) electrons. The predicted octanol–water partition coefficient (Wildman–Crippen LogP) is 5.83. The zero-order valence-corrected chi connectivity index (χ0v) is 16.0. The van der Waals surface area contributed by atoms with Crippen LogP contribution in [0.2, 0.25) is 0 Å². The zero-order chi connectivity index (χ0) is 19.0. The second-order valence-electron chi connectivity index (χ2n) is 6.60. The first-order chi connectivity index (χ1) is 12.3. The number of carboxylic acids is 1. The van der Waals surface area contributed by atoms with Crippen molar-refractivity contribution >= 4 is 23.6 Å². The highest BCUT2D eigenvalue weighted by molar-refractivity contribution is 7.17. The van der Waals surface area contributed by atoms with E-state index in [-0.39, 0.29) is 0 Å². The summed E-state index contributed by atoms with van der Waals surface area (Å²) in [5.74, 6) is -0.908. The summed E-state index contributed by atoms with van der Waals surface area (Å²) in [6.45, 7) is 8.04. The summed E-state index contributed by atoms with van der Waals surface area (Å²) in [5.41, 5.74) is 7.82. The number of aryl methyl sites for hydroxylation is 4. The molecule has 0 bridgehead atoms. The van der Waals surface area contributed by atoms with Crippen LogP contribution >= 0.6 is 11.3 Å². The van der Waals surface area contributed by atoms with Crippen LogP contribution < -0.4 is 0 Å². The van der Waals surface area contributed by atoms with Crippen LogP contribution in [0.25, 0.3) is 21.6 Å². The summed E-state index contributed by atoms with van der Waals surface area (Å²) in [6.07, 6.45) is 0.879. The number of thiophene rings is 1. The van der Waals surface area contributed by atoms with Crippen molar-refractivity contribution in [3.05, 3.63) is 69.1 Å². The number of aromatic carboxylic acids is 1. The van der Waals surface area contributed by atoms with Crippen molar-refractivity contribution < 1.29 is 14.7 Å². The number of hydrogen-bond donors (Lipinski definition) is 1. The lowest BCUT2D eigenvalue weighted by Gasteiger charge is -2.16. The molecule has 0 spiro atoms. The average Bonchev–Trinajstić information content (AvgIpc) is 3.02. The van der Waals surface area contributed by atoms with Gasteiger partial charge >= 0.3 is 5.97 Å². The second kappa shape index (κ2) is 6.89. The first kappa shape index (κ1) is 18.1. The first-order valence-corrected chi connectivity index (χ1v) is 9.15. The number of carboxylic acid groups (broad SMARTS) is 1. The number of rotatable bonds is 4. The fourth-order valence-electron chi connectivity index (χ4n) is 3.59. The maximum Gasteiger partial charge on any atom is 0.335 e. The summed E-state index contributed by atoms with van der Waals surface area (Å²) < 4.78 is 0. The van der Waals surface area contributed by atoms with Crippen molar-refractivity contribution in [1.82, 2.24) is 0 Å². The van der Waals surface area contributed by atoms with E-state index in [1.165, 1.54) is 11.3 Å². The Labute approximate surface area is 156 Å². The van der Waals surface area contributed by atoms with E-state index in [9.17, 15) is 14.7 Å². The van der Waals surface area contributed by atoms with Crippen molar-refractivity contribution in [1.29, 1.82) is 0 Å². The Morgan fingerprint density at radius 3 is 1.88 bits per heavy atom. The van der Waals surface area contributed by atoms with E-state index in [1.54, 1.807) is 12.1 Å². The summed E-state index contributed by atoms with van der Waals surface area (Å²) in [6, 6.07) is 11.6. The third-order valence-corrected chi connectivity index (χ3v) is 5.62. The van der Waals surface area contributed by atoms with E-state index in [4.69, 9.17) is 0 Å². The van der Waals surface area contributed by atoms with E-state index in [0.29, 0.717) is 5.56 Å². The van der Waals surface area contributed by atoms with Crippen molar-refractivity contribution in [3.8, 4) is 21.6 Å². The van der Waals surface area contributed by atoms with Crippen LogP contribution in [0, 0.1) is 27.7 Å². The molecule has 0 atom stereocenters. The van der Waals surface area contributed by atoms with Gasteiger partial charge in [-0.1, -0.05) is 12.1 Å². The zero-order valence-electron chi connectivity index (χ0n) is 15.2. The van der Waals surface area contributed by atoms with E-state index < -0.39 is 5.97 Å². The second-order valence-corrected chi connectivity index (χ2v) is 7.71. The average molecular weight is 364 g/mol.